The second kappa shape index (κ2) is 9.83. The summed E-state index contributed by atoms with van der Waals surface area (Å²) in [6.07, 6.45) is 0. The predicted octanol–water partition coefficient (Wildman–Crippen LogP) is 0.847. The molecule has 1 aromatic heterocycles. The zero-order chi connectivity index (χ0) is 22.4. The first-order valence-electron chi connectivity index (χ1n) is 9.05. The third-order valence-corrected chi connectivity index (χ3v) is 5.02. The molecule has 2 aromatic rings. The predicted molar refractivity (Wildman–Crippen MR) is 112 cm³/mol. The SMILES string of the molecule is CCOC(=O)CNC(=O)[C@@H](C)N(C(=O)c1snc(C(N)=O)c1N)c1ccc(C)cc1. The average Bonchev–Trinajstić information content (AvgIpc) is 3.09. The number of esters is 1. The Kier molecular flexibility index (Phi) is 7.48. The summed E-state index contributed by atoms with van der Waals surface area (Å²) < 4.78 is 8.63. The van der Waals surface area contributed by atoms with Crippen LogP contribution in [0.1, 0.15) is 39.6 Å². The fourth-order valence-corrected chi connectivity index (χ4v) is 3.34. The van der Waals surface area contributed by atoms with Crippen molar-refractivity contribution in [2.75, 3.05) is 23.8 Å². The lowest BCUT2D eigenvalue weighted by molar-refractivity contribution is -0.143. The molecule has 5 N–H and O–H groups in total. The minimum atomic E-state index is -1.01. The molecule has 0 aliphatic heterocycles. The molecule has 0 bridgehead atoms. The van der Waals surface area contributed by atoms with Crippen LogP contribution in [0.25, 0.3) is 0 Å². The van der Waals surface area contributed by atoms with Gasteiger partial charge in [-0.15, -0.1) is 0 Å². The number of benzene rings is 1. The van der Waals surface area contributed by atoms with E-state index in [1.807, 2.05) is 6.92 Å². The summed E-state index contributed by atoms with van der Waals surface area (Å²) in [6.45, 7) is 4.89. The number of nitrogens with one attached hydrogen (secondary N) is 1. The molecule has 1 atom stereocenters. The molecule has 0 unspecified atom stereocenters. The van der Waals surface area contributed by atoms with E-state index < -0.39 is 29.7 Å². The summed E-state index contributed by atoms with van der Waals surface area (Å²) in [5.41, 5.74) is 12.2. The number of aryl methyl sites for hydroxylation is 1. The molecule has 11 heteroatoms. The maximum Gasteiger partial charge on any atom is 0.325 e. The molecule has 3 amide bonds. The van der Waals surface area contributed by atoms with Gasteiger partial charge in [-0.3, -0.25) is 24.1 Å². The van der Waals surface area contributed by atoms with Crippen molar-refractivity contribution in [2.24, 2.45) is 5.73 Å². The van der Waals surface area contributed by atoms with Crippen LogP contribution < -0.4 is 21.7 Å². The van der Waals surface area contributed by atoms with E-state index >= 15 is 0 Å². The van der Waals surface area contributed by atoms with E-state index in [0.717, 1.165) is 17.1 Å². The lowest BCUT2D eigenvalue weighted by Gasteiger charge is -2.28. The van der Waals surface area contributed by atoms with Gasteiger partial charge in [0.2, 0.25) is 5.91 Å². The van der Waals surface area contributed by atoms with E-state index in [9.17, 15) is 19.2 Å². The third kappa shape index (κ3) is 5.11. The second-order valence-electron chi connectivity index (χ2n) is 6.35. The van der Waals surface area contributed by atoms with Crippen LogP contribution in [-0.4, -0.2) is 47.3 Å². The van der Waals surface area contributed by atoms with Crippen LogP contribution in [0.3, 0.4) is 0 Å². The third-order valence-electron chi connectivity index (χ3n) is 4.17. The van der Waals surface area contributed by atoms with Gasteiger partial charge >= 0.3 is 5.97 Å². The molecule has 0 aliphatic rings. The van der Waals surface area contributed by atoms with Crippen molar-refractivity contribution in [2.45, 2.75) is 26.8 Å². The number of hydrogen-bond donors (Lipinski definition) is 3. The number of ether oxygens (including phenoxy) is 1. The molecule has 2 rings (SSSR count). The number of nitrogens with zero attached hydrogens (tertiary/aromatic N) is 2. The Labute approximate surface area is 177 Å². The lowest BCUT2D eigenvalue weighted by Crippen LogP contribution is -2.49. The van der Waals surface area contributed by atoms with Crippen LogP contribution in [0.2, 0.25) is 0 Å². The number of nitrogens with two attached hydrogens (primary N) is 2. The topological polar surface area (TPSA) is 158 Å². The number of amides is 3. The fraction of sp³-hybridized carbons (Fsp3) is 0.316. The van der Waals surface area contributed by atoms with Gasteiger partial charge in [0, 0.05) is 5.69 Å². The normalized spacial score (nSPS) is 11.4. The number of rotatable bonds is 8. The van der Waals surface area contributed by atoms with Gasteiger partial charge in [-0.1, -0.05) is 17.7 Å². The quantitative estimate of drug-likeness (QED) is 0.521. The van der Waals surface area contributed by atoms with Crippen LogP contribution in [0, 0.1) is 6.92 Å². The molecule has 0 aliphatic carbocycles. The highest BCUT2D eigenvalue weighted by molar-refractivity contribution is 7.09. The van der Waals surface area contributed by atoms with Crippen LogP contribution in [0.4, 0.5) is 11.4 Å². The molecule has 10 nitrogen and oxygen atoms in total. The summed E-state index contributed by atoms with van der Waals surface area (Å²) in [5, 5.41) is 2.45. The highest BCUT2D eigenvalue weighted by Crippen LogP contribution is 2.27. The number of carbonyl (C=O) groups is 4. The first kappa shape index (κ1) is 22.8. The summed E-state index contributed by atoms with van der Waals surface area (Å²) in [7, 11) is 0. The molecular formula is C19H23N5O5S. The van der Waals surface area contributed by atoms with Crippen LogP contribution in [-0.2, 0) is 14.3 Å². The van der Waals surface area contributed by atoms with Crippen molar-refractivity contribution < 1.29 is 23.9 Å². The zero-order valence-electron chi connectivity index (χ0n) is 16.8. The zero-order valence-corrected chi connectivity index (χ0v) is 17.6. The molecule has 0 saturated heterocycles. The largest absolute Gasteiger partial charge is 0.465 e. The van der Waals surface area contributed by atoms with Gasteiger partial charge in [0.25, 0.3) is 11.8 Å². The van der Waals surface area contributed by atoms with Crippen LogP contribution in [0.15, 0.2) is 24.3 Å². The number of carbonyl (C=O) groups excluding carboxylic acids is 4. The molecule has 0 radical (unpaired) electrons. The molecule has 1 aromatic carbocycles. The Morgan fingerprint density at radius 3 is 2.40 bits per heavy atom. The second-order valence-corrected chi connectivity index (χ2v) is 7.12. The highest BCUT2D eigenvalue weighted by atomic mass is 32.1. The molecule has 0 spiro atoms. The lowest BCUT2D eigenvalue weighted by atomic mass is 10.1. The summed E-state index contributed by atoms with van der Waals surface area (Å²) >= 11 is 0.720. The monoisotopic (exact) mass is 433 g/mol. The Morgan fingerprint density at radius 2 is 1.87 bits per heavy atom. The molecule has 160 valence electrons. The van der Waals surface area contributed by atoms with Gasteiger partial charge < -0.3 is 21.5 Å². The fourth-order valence-electron chi connectivity index (χ4n) is 2.60. The van der Waals surface area contributed by atoms with Crippen molar-refractivity contribution >= 4 is 46.6 Å². The minimum absolute atomic E-state index is 0.0191. The first-order chi connectivity index (χ1) is 14.2. The van der Waals surface area contributed by atoms with Crippen molar-refractivity contribution in [3.63, 3.8) is 0 Å². The van der Waals surface area contributed by atoms with Gasteiger partial charge in [0.1, 0.15) is 17.5 Å². The molecule has 0 fully saturated rings. The van der Waals surface area contributed by atoms with Gasteiger partial charge in [-0.2, -0.15) is 4.37 Å². The smallest absolute Gasteiger partial charge is 0.325 e. The number of primary amides is 1. The van der Waals surface area contributed by atoms with Gasteiger partial charge in [0.15, 0.2) is 5.69 Å². The minimum Gasteiger partial charge on any atom is -0.465 e. The maximum atomic E-state index is 13.3. The Hall–Kier alpha value is -3.47. The van der Waals surface area contributed by atoms with Crippen molar-refractivity contribution in [3.8, 4) is 0 Å². The Balaban J connectivity index is 2.36. The number of aromatic nitrogens is 1. The molecule has 1 heterocycles. The summed E-state index contributed by atoms with van der Waals surface area (Å²) in [5.74, 6) is -2.65. The van der Waals surface area contributed by atoms with Gasteiger partial charge in [-0.25, -0.2) is 0 Å². The van der Waals surface area contributed by atoms with E-state index in [4.69, 9.17) is 16.2 Å². The molecule has 0 saturated carbocycles. The van der Waals surface area contributed by atoms with Crippen molar-refractivity contribution in [1.29, 1.82) is 0 Å². The van der Waals surface area contributed by atoms with Crippen LogP contribution >= 0.6 is 11.5 Å². The number of nitrogen functional groups attached to an aromatic ring is 1. The Bertz CT molecular complexity index is 957. The standard InChI is InChI=1S/C19H23N5O5S/c1-4-29-13(25)9-22-18(27)11(3)24(12-7-5-10(2)6-8-12)19(28)16-14(20)15(17(21)26)23-30-16/h5-8,11H,4,9,20H2,1-3H3,(H2,21,26)(H,22,27)/t11-/m1/s1. The number of anilines is 2. The first-order valence-corrected chi connectivity index (χ1v) is 9.83. The van der Waals surface area contributed by atoms with Crippen molar-refractivity contribution in [1.82, 2.24) is 9.69 Å². The van der Waals surface area contributed by atoms with E-state index in [2.05, 4.69) is 9.69 Å². The Morgan fingerprint density at radius 1 is 1.23 bits per heavy atom. The van der Waals surface area contributed by atoms with Crippen LogP contribution in [0.5, 0.6) is 0 Å². The highest BCUT2D eigenvalue weighted by Gasteiger charge is 2.32. The summed E-state index contributed by atoms with van der Waals surface area (Å²) in [4.78, 5) is 50.1. The van der Waals surface area contributed by atoms with E-state index in [1.54, 1.807) is 31.2 Å². The van der Waals surface area contributed by atoms with E-state index in [1.165, 1.54) is 11.8 Å². The maximum absolute atomic E-state index is 13.3. The number of hydrogen-bond acceptors (Lipinski definition) is 8. The summed E-state index contributed by atoms with van der Waals surface area (Å²) in [6, 6.07) is 5.91. The molecule has 30 heavy (non-hydrogen) atoms. The molecular weight excluding hydrogens is 410 g/mol. The van der Waals surface area contributed by atoms with Gasteiger partial charge in [-0.05, 0) is 44.4 Å². The average molecular weight is 433 g/mol. The van der Waals surface area contributed by atoms with Crippen molar-refractivity contribution in [3.05, 3.63) is 40.4 Å². The van der Waals surface area contributed by atoms with E-state index in [-0.39, 0.29) is 29.4 Å². The van der Waals surface area contributed by atoms with Gasteiger partial charge in [0.05, 0.1) is 12.3 Å². The van der Waals surface area contributed by atoms with E-state index in [0.29, 0.717) is 5.69 Å².